The standard InChI is InChI=1S/C73H43N/c1-9-27-58(28-10-1)70(59-29-11-2-12-30-59)66-43-25-26-44-67(71(60-31-13-3-14-32-60)61-33-15-4-16-34-61)50-52-69(73(64-39-21-7-22-40-64)65-41-23-8-24-42-65)48-46-57-53-56(54-74-55-57)45-47-68(51-49-66)72(62-35-17-5-18-36-62)63-37-19-6-20-38-63/h1-24,27-42,53-55H. The molecule has 74 heavy (non-hydrogen) atoms. The number of pyridine rings is 1. The van der Waals surface area contributed by atoms with Crippen molar-refractivity contribution in [2.75, 3.05) is 0 Å². The van der Waals surface area contributed by atoms with Gasteiger partial charge in [-0.15, -0.1) is 0 Å². The quantitative estimate of drug-likeness (QED) is 0.138. The van der Waals surface area contributed by atoms with Gasteiger partial charge < -0.3 is 0 Å². The minimum absolute atomic E-state index is 0.579. The van der Waals surface area contributed by atoms with E-state index in [-0.39, 0.29) is 0 Å². The van der Waals surface area contributed by atoms with Gasteiger partial charge in [-0.05, 0) is 74.3 Å². The van der Waals surface area contributed by atoms with Crippen LogP contribution in [-0.4, -0.2) is 4.98 Å². The van der Waals surface area contributed by atoms with Gasteiger partial charge in [-0.1, -0.05) is 290 Å². The molecule has 0 N–H and O–H groups in total. The highest BCUT2D eigenvalue weighted by Crippen LogP contribution is 2.31. The fourth-order valence-corrected chi connectivity index (χ4v) is 8.57. The molecule has 0 saturated carbocycles. The van der Waals surface area contributed by atoms with E-state index in [4.69, 9.17) is 0 Å². The van der Waals surface area contributed by atoms with E-state index in [0.29, 0.717) is 33.4 Å². The van der Waals surface area contributed by atoms with Crippen LogP contribution < -0.4 is 0 Å². The molecule has 0 unspecified atom stereocenters. The zero-order valence-corrected chi connectivity index (χ0v) is 40.3. The van der Waals surface area contributed by atoms with Crippen molar-refractivity contribution in [2.24, 2.45) is 0 Å². The molecule has 0 amide bonds. The molecule has 0 radical (unpaired) electrons. The second-order valence-corrected chi connectivity index (χ2v) is 16.9. The van der Waals surface area contributed by atoms with Gasteiger partial charge in [0.25, 0.3) is 0 Å². The minimum Gasteiger partial charge on any atom is -0.262 e. The molecule has 1 aromatic heterocycles. The van der Waals surface area contributed by atoms with Gasteiger partial charge in [0.15, 0.2) is 0 Å². The molecule has 0 fully saturated rings. The molecule has 1 nitrogen and oxygen atoms in total. The van der Waals surface area contributed by atoms with Gasteiger partial charge in [-0.2, -0.15) is 0 Å². The van der Waals surface area contributed by atoms with Crippen molar-refractivity contribution in [3.8, 4) is 71.0 Å². The first-order valence-corrected chi connectivity index (χ1v) is 24.2. The SMILES string of the molecule is C1#CC(=C(c2ccccc2)c2ccccc2)C#CC(=C(c2ccccc2)c2ccccc2)C#Cc2cncc(c2)C#CC(=C(c2ccccc2)c2ccccc2)C#CC(=C(c2ccccc2)c2ccccc2)C#C1. The van der Waals surface area contributed by atoms with Gasteiger partial charge >= 0.3 is 0 Å². The number of hydrogen-bond acceptors (Lipinski definition) is 1. The number of hydrogen-bond donors (Lipinski definition) is 0. The van der Waals surface area contributed by atoms with Crippen LogP contribution in [0.25, 0.3) is 22.3 Å². The molecule has 0 atom stereocenters. The zero-order valence-electron chi connectivity index (χ0n) is 40.3. The van der Waals surface area contributed by atoms with Crippen LogP contribution in [-0.2, 0) is 0 Å². The highest BCUT2D eigenvalue weighted by molar-refractivity contribution is 5.93. The Morgan fingerprint density at radius 2 is 0.405 bits per heavy atom. The monoisotopic (exact) mass is 933 g/mol. The molecular formula is C73H43N. The average molecular weight is 934 g/mol. The molecule has 340 valence electrons. The molecule has 1 heterocycles. The Morgan fingerprint density at radius 1 is 0.216 bits per heavy atom. The van der Waals surface area contributed by atoms with Gasteiger partial charge in [0.05, 0.1) is 22.3 Å². The van der Waals surface area contributed by atoms with E-state index in [2.05, 4.69) is 173 Å². The van der Waals surface area contributed by atoms with Crippen molar-refractivity contribution in [1.82, 2.24) is 4.98 Å². The first kappa shape index (κ1) is 46.9. The molecule has 1 aliphatic rings. The van der Waals surface area contributed by atoms with Gasteiger partial charge in [0.2, 0.25) is 0 Å². The molecule has 1 heteroatoms. The van der Waals surface area contributed by atoms with Crippen molar-refractivity contribution < 1.29 is 0 Å². The van der Waals surface area contributed by atoms with Gasteiger partial charge in [0, 0.05) is 45.8 Å². The van der Waals surface area contributed by atoms with E-state index in [9.17, 15) is 0 Å². The lowest BCUT2D eigenvalue weighted by Gasteiger charge is -2.11. The molecule has 8 aromatic carbocycles. The molecule has 9 aromatic rings. The lowest BCUT2D eigenvalue weighted by Crippen LogP contribution is -1.95. The number of nitrogens with zero attached hydrogens (tertiary/aromatic N) is 1. The van der Waals surface area contributed by atoms with Crippen molar-refractivity contribution in [1.29, 1.82) is 0 Å². The lowest BCUT2D eigenvalue weighted by atomic mass is 9.91. The zero-order chi connectivity index (χ0) is 50.0. The van der Waals surface area contributed by atoms with E-state index < -0.39 is 0 Å². The summed E-state index contributed by atoms with van der Waals surface area (Å²) in [6.07, 6.45) is 3.52. The molecule has 2 bridgehead atoms. The van der Waals surface area contributed by atoms with Crippen LogP contribution in [0.2, 0.25) is 0 Å². The number of allylic oxidation sites excluding steroid dienone is 4. The molecule has 1 aliphatic carbocycles. The first-order chi connectivity index (χ1) is 36.7. The maximum absolute atomic E-state index is 4.67. The fraction of sp³-hybridized carbons (Fsp3) is 0. The van der Waals surface area contributed by atoms with Gasteiger partial charge in [-0.3, -0.25) is 4.98 Å². The normalized spacial score (nSPS) is 11.4. The first-order valence-electron chi connectivity index (χ1n) is 24.2. The summed E-state index contributed by atoms with van der Waals surface area (Å²) < 4.78 is 0. The molecule has 0 spiro atoms. The maximum Gasteiger partial charge on any atom is 0.0842 e. The Morgan fingerprint density at radius 3 is 0.622 bits per heavy atom. The summed E-state index contributed by atoms with van der Waals surface area (Å²) in [6.45, 7) is 0. The summed E-state index contributed by atoms with van der Waals surface area (Å²) in [5, 5.41) is 0. The average Bonchev–Trinajstić information content (AvgIpc) is 3.47. The summed E-state index contributed by atoms with van der Waals surface area (Å²) in [4.78, 5) is 4.67. The Balaban J connectivity index is 1.34. The molecule has 0 aliphatic heterocycles. The third-order valence-electron chi connectivity index (χ3n) is 12.0. The highest BCUT2D eigenvalue weighted by atomic mass is 14.6. The van der Waals surface area contributed by atoms with E-state index >= 15 is 0 Å². The molecule has 10 rings (SSSR count). The van der Waals surface area contributed by atoms with Crippen molar-refractivity contribution in [3.05, 3.63) is 339 Å². The lowest BCUT2D eigenvalue weighted by molar-refractivity contribution is 1.30. The predicted octanol–water partition coefficient (Wildman–Crippen LogP) is 14.8. The number of fused-ring (bicyclic) bond motifs is 2. The Labute approximate surface area is 435 Å². The number of aromatic nitrogens is 1. The predicted molar refractivity (Wildman–Crippen MR) is 305 cm³/mol. The van der Waals surface area contributed by atoms with Crippen LogP contribution in [0, 0.1) is 71.0 Å². The second-order valence-electron chi connectivity index (χ2n) is 16.9. The topological polar surface area (TPSA) is 12.9 Å². The summed E-state index contributed by atoms with van der Waals surface area (Å²) >= 11 is 0. The van der Waals surface area contributed by atoms with E-state index in [1.165, 1.54) is 0 Å². The summed E-state index contributed by atoms with van der Waals surface area (Å²) in [5.41, 5.74) is 15.0. The third kappa shape index (κ3) is 11.6. The fourth-order valence-electron chi connectivity index (χ4n) is 8.57. The Hall–Kier alpha value is -10.8. The minimum atomic E-state index is 0.579. The van der Waals surface area contributed by atoms with E-state index in [0.717, 1.165) is 66.8 Å². The number of rotatable bonds is 8. The summed E-state index contributed by atoms with van der Waals surface area (Å²) in [6, 6.07) is 84.0. The molecular weight excluding hydrogens is 891 g/mol. The smallest absolute Gasteiger partial charge is 0.0842 e. The van der Waals surface area contributed by atoms with E-state index in [1.54, 1.807) is 12.4 Å². The van der Waals surface area contributed by atoms with Gasteiger partial charge in [0.1, 0.15) is 0 Å². The maximum atomic E-state index is 4.67. The number of benzene rings is 8. The van der Waals surface area contributed by atoms with Gasteiger partial charge in [-0.25, -0.2) is 0 Å². The summed E-state index contributed by atoms with van der Waals surface area (Å²) in [7, 11) is 0. The highest BCUT2D eigenvalue weighted by Gasteiger charge is 2.15. The Kier molecular flexibility index (Phi) is 15.0. The third-order valence-corrected chi connectivity index (χ3v) is 12.0. The second kappa shape index (κ2) is 23.7. The van der Waals surface area contributed by atoms with Crippen LogP contribution in [0.5, 0.6) is 0 Å². The van der Waals surface area contributed by atoms with Crippen LogP contribution in [0.1, 0.15) is 55.6 Å². The largest absolute Gasteiger partial charge is 0.262 e. The molecule has 0 saturated heterocycles. The van der Waals surface area contributed by atoms with Crippen LogP contribution >= 0.6 is 0 Å². The van der Waals surface area contributed by atoms with Crippen molar-refractivity contribution in [2.45, 2.75) is 0 Å². The van der Waals surface area contributed by atoms with Crippen LogP contribution in [0.3, 0.4) is 0 Å². The van der Waals surface area contributed by atoms with Crippen LogP contribution in [0.4, 0.5) is 0 Å². The van der Waals surface area contributed by atoms with Crippen LogP contribution in [0.15, 0.2) is 283 Å². The van der Waals surface area contributed by atoms with Crippen molar-refractivity contribution >= 4 is 22.3 Å². The Bertz CT molecular complexity index is 3570. The van der Waals surface area contributed by atoms with E-state index in [1.807, 2.05) is 152 Å². The van der Waals surface area contributed by atoms with Crippen molar-refractivity contribution in [3.63, 3.8) is 0 Å². The summed E-state index contributed by atoms with van der Waals surface area (Å²) in [5.74, 6) is 41.8.